The van der Waals surface area contributed by atoms with E-state index in [2.05, 4.69) is 0 Å². The van der Waals surface area contributed by atoms with E-state index in [1.165, 1.54) is 6.08 Å². The molecule has 2 aromatic carbocycles. The number of Topliss-reactive ketones (excluding diaryl/α,β-unsaturated/α-hetero) is 1. The van der Waals surface area contributed by atoms with E-state index in [0.717, 1.165) is 0 Å². The SMILES string of the molecule is O=C(C(O)=Cc1ccc2c(c1)OCO2)c1ccccc1. The molecule has 0 aliphatic carbocycles. The average Bonchev–Trinajstić information content (AvgIpc) is 2.95. The fourth-order valence-corrected chi connectivity index (χ4v) is 1.96. The lowest BCUT2D eigenvalue weighted by atomic mass is 10.1. The van der Waals surface area contributed by atoms with E-state index in [4.69, 9.17) is 9.47 Å². The minimum atomic E-state index is -0.414. The van der Waals surface area contributed by atoms with Crippen LogP contribution in [0.2, 0.25) is 0 Å². The van der Waals surface area contributed by atoms with E-state index in [-0.39, 0.29) is 12.6 Å². The molecule has 1 aliphatic rings. The summed E-state index contributed by atoms with van der Waals surface area (Å²) in [5.74, 6) is 0.549. The summed E-state index contributed by atoms with van der Waals surface area (Å²) >= 11 is 0. The molecular formula is C16H12O4. The van der Waals surface area contributed by atoms with Crippen LogP contribution in [0.1, 0.15) is 15.9 Å². The number of allylic oxidation sites excluding steroid dienone is 1. The number of benzene rings is 2. The number of carbonyl (C=O) groups excluding carboxylic acids is 1. The van der Waals surface area contributed by atoms with Gasteiger partial charge in [-0.2, -0.15) is 0 Å². The third-order valence-corrected chi connectivity index (χ3v) is 2.97. The van der Waals surface area contributed by atoms with Crippen molar-refractivity contribution < 1.29 is 19.4 Å². The van der Waals surface area contributed by atoms with Gasteiger partial charge < -0.3 is 14.6 Å². The van der Waals surface area contributed by atoms with Crippen molar-refractivity contribution in [3.8, 4) is 11.5 Å². The van der Waals surface area contributed by atoms with Crippen LogP contribution in [-0.2, 0) is 0 Å². The van der Waals surface area contributed by atoms with Crippen LogP contribution >= 0.6 is 0 Å². The maximum absolute atomic E-state index is 12.0. The summed E-state index contributed by atoms with van der Waals surface area (Å²) in [6, 6.07) is 13.9. The largest absolute Gasteiger partial charge is 0.504 e. The highest BCUT2D eigenvalue weighted by atomic mass is 16.7. The van der Waals surface area contributed by atoms with Crippen LogP contribution in [0.25, 0.3) is 6.08 Å². The van der Waals surface area contributed by atoms with Gasteiger partial charge in [-0.25, -0.2) is 0 Å². The monoisotopic (exact) mass is 268 g/mol. The van der Waals surface area contributed by atoms with Crippen molar-refractivity contribution in [2.45, 2.75) is 0 Å². The molecule has 2 aromatic rings. The summed E-state index contributed by atoms with van der Waals surface area (Å²) in [5, 5.41) is 9.91. The highest BCUT2D eigenvalue weighted by Gasteiger charge is 2.14. The van der Waals surface area contributed by atoms with Crippen molar-refractivity contribution in [3.05, 3.63) is 65.4 Å². The Kier molecular flexibility index (Phi) is 3.13. The first-order valence-corrected chi connectivity index (χ1v) is 6.14. The van der Waals surface area contributed by atoms with Crippen LogP contribution in [0, 0.1) is 0 Å². The molecule has 0 bridgehead atoms. The molecule has 4 nitrogen and oxygen atoms in total. The topological polar surface area (TPSA) is 55.8 Å². The number of ketones is 1. The lowest BCUT2D eigenvalue weighted by molar-refractivity contribution is 0.0980. The number of fused-ring (bicyclic) bond motifs is 1. The van der Waals surface area contributed by atoms with Crippen LogP contribution in [0.15, 0.2) is 54.3 Å². The highest BCUT2D eigenvalue weighted by molar-refractivity contribution is 6.09. The molecule has 0 unspecified atom stereocenters. The Bertz CT molecular complexity index is 674. The number of aliphatic hydroxyl groups excluding tert-OH is 1. The normalized spacial score (nSPS) is 13.3. The van der Waals surface area contributed by atoms with Gasteiger partial charge >= 0.3 is 0 Å². The van der Waals surface area contributed by atoms with E-state index in [0.29, 0.717) is 22.6 Å². The van der Waals surface area contributed by atoms with Gasteiger partial charge in [0.25, 0.3) is 0 Å². The fourth-order valence-electron chi connectivity index (χ4n) is 1.96. The number of hydrogen-bond acceptors (Lipinski definition) is 4. The predicted octanol–water partition coefficient (Wildman–Crippen LogP) is 3.20. The molecule has 1 aliphatic heterocycles. The Morgan fingerprint density at radius 2 is 1.80 bits per heavy atom. The average molecular weight is 268 g/mol. The summed E-state index contributed by atoms with van der Waals surface area (Å²) in [4.78, 5) is 12.0. The Balaban J connectivity index is 1.86. The number of ether oxygens (including phenoxy) is 2. The van der Waals surface area contributed by atoms with Gasteiger partial charge in [0.05, 0.1) is 0 Å². The predicted molar refractivity (Wildman–Crippen MR) is 73.9 cm³/mol. The smallest absolute Gasteiger partial charge is 0.231 e. The van der Waals surface area contributed by atoms with Crippen LogP contribution < -0.4 is 9.47 Å². The maximum atomic E-state index is 12.0. The molecule has 4 heteroatoms. The van der Waals surface area contributed by atoms with Crippen molar-refractivity contribution in [2.24, 2.45) is 0 Å². The Labute approximate surface area is 115 Å². The zero-order valence-electron chi connectivity index (χ0n) is 10.6. The van der Waals surface area contributed by atoms with Gasteiger partial charge in [-0.1, -0.05) is 36.4 Å². The molecule has 0 radical (unpaired) electrons. The minimum Gasteiger partial charge on any atom is -0.504 e. The fraction of sp³-hybridized carbons (Fsp3) is 0.0625. The zero-order chi connectivity index (χ0) is 13.9. The lowest BCUT2D eigenvalue weighted by Gasteiger charge is -2.01. The van der Waals surface area contributed by atoms with Crippen LogP contribution in [0.5, 0.6) is 11.5 Å². The van der Waals surface area contributed by atoms with E-state index in [9.17, 15) is 9.90 Å². The van der Waals surface area contributed by atoms with Gasteiger partial charge in [0, 0.05) is 5.56 Å². The standard InChI is InChI=1S/C16H12O4/c17-13(16(18)12-4-2-1-3-5-12)8-11-6-7-14-15(9-11)20-10-19-14/h1-9,17H,10H2. The lowest BCUT2D eigenvalue weighted by Crippen LogP contribution is -2.02. The number of carbonyl (C=O) groups is 1. The molecule has 1 N–H and O–H groups in total. The highest BCUT2D eigenvalue weighted by Crippen LogP contribution is 2.33. The van der Waals surface area contributed by atoms with E-state index in [1.807, 2.05) is 6.07 Å². The molecule has 0 aromatic heterocycles. The molecule has 3 rings (SSSR count). The molecule has 0 saturated carbocycles. The molecule has 0 spiro atoms. The third kappa shape index (κ3) is 2.36. The molecule has 100 valence electrons. The summed E-state index contributed by atoms with van der Waals surface area (Å²) in [6.07, 6.45) is 1.41. The first kappa shape index (κ1) is 12.3. The van der Waals surface area contributed by atoms with E-state index in [1.54, 1.807) is 42.5 Å². The van der Waals surface area contributed by atoms with Gasteiger partial charge in [0.15, 0.2) is 17.3 Å². The maximum Gasteiger partial charge on any atom is 0.231 e. The number of rotatable bonds is 3. The van der Waals surface area contributed by atoms with Gasteiger partial charge in [0.1, 0.15) is 0 Å². The second kappa shape index (κ2) is 5.09. The van der Waals surface area contributed by atoms with Gasteiger partial charge in [-0.15, -0.1) is 0 Å². The van der Waals surface area contributed by atoms with Gasteiger partial charge in [-0.05, 0) is 23.8 Å². The van der Waals surface area contributed by atoms with Crippen molar-refractivity contribution in [2.75, 3.05) is 6.79 Å². The third-order valence-electron chi connectivity index (χ3n) is 2.97. The summed E-state index contributed by atoms with van der Waals surface area (Å²) in [5.41, 5.74) is 1.12. The Hall–Kier alpha value is -2.75. The molecule has 20 heavy (non-hydrogen) atoms. The van der Waals surface area contributed by atoms with Crippen molar-refractivity contribution >= 4 is 11.9 Å². The Morgan fingerprint density at radius 1 is 1.05 bits per heavy atom. The molecule has 0 amide bonds. The summed E-state index contributed by atoms with van der Waals surface area (Å²) in [7, 11) is 0. The molecule has 0 fully saturated rings. The van der Waals surface area contributed by atoms with Crippen molar-refractivity contribution in [3.63, 3.8) is 0 Å². The Morgan fingerprint density at radius 3 is 2.60 bits per heavy atom. The zero-order valence-corrected chi connectivity index (χ0v) is 10.6. The molecule has 1 heterocycles. The minimum absolute atomic E-state index is 0.192. The van der Waals surface area contributed by atoms with E-state index < -0.39 is 5.78 Å². The van der Waals surface area contributed by atoms with Crippen molar-refractivity contribution in [1.29, 1.82) is 0 Å². The van der Waals surface area contributed by atoms with Gasteiger partial charge in [0.2, 0.25) is 12.6 Å². The molecule has 0 saturated heterocycles. The first-order valence-electron chi connectivity index (χ1n) is 6.14. The van der Waals surface area contributed by atoms with Crippen LogP contribution in [-0.4, -0.2) is 17.7 Å². The number of aliphatic hydroxyl groups is 1. The summed E-state index contributed by atoms with van der Waals surface area (Å²) < 4.78 is 10.5. The molecular weight excluding hydrogens is 256 g/mol. The quantitative estimate of drug-likeness (QED) is 0.527. The first-order chi connectivity index (χ1) is 9.74. The second-order valence-corrected chi connectivity index (χ2v) is 4.34. The van der Waals surface area contributed by atoms with Crippen molar-refractivity contribution in [1.82, 2.24) is 0 Å². The van der Waals surface area contributed by atoms with Crippen LogP contribution in [0.4, 0.5) is 0 Å². The summed E-state index contributed by atoms with van der Waals surface area (Å²) in [6.45, 7) is 0.192. The number of hydrogen-bond donors (Lipinski definition) is 1. The molecule has 0 atom stereocenters. The second-order valence-electron chi connectivity index (χ2n) is 4.34. The van der Waals surface area contributed by atoms with Gasteiger partial charge in [-0.3, -0.25) is 4.79 Å². The van der Waals surface area contributed by atoms with Crippen LogP contribution in [0.3, 0.4) is 0 Å². The van der Waals surface area contributed by atoms with E-state index >= 15 is 0 Å².